The van der Waals surface area contributed by atoms with Crippen molar-refractivity contribution in [2.45, 2.75) is 30.3 Å². The molecular formula is C17H28ClN3O5S. The van der Waals surface area contributed by atoms with Crippen LogP contribution in [-0.2, 0) is 30.8 Å². The number of nitrogens with one attached hydrogen (secondary N) is 2. The summed E-state index contributed by atoms with van der Waals surface area (Å²) >= 11 is 0. The van der Waals surface area contributed by atoms with Gasteiger partial charge in [-0.1, -0.05) is 12.1 Å². The summed E-state index contributed by atoms with van der Waals surface area (Å²) in [6.45, 7) is 1.96. The van der Waals surface area contributed by atoms with Gasteiger partial charge < -0.3 is 20.5 Å². The molecule has 1 saturated heterocycles. The number of methoxy groups -OCH3 is 1. The van der Waals surface area contributed by atoms with Gasteiger partial charge in [-0.15, -0.1) is 12.4 Å². The summed E-state index contributed by atoms with van der Waals surface area (Å²) in [7, 11) is -2.11. The number of benzene rings is 1. The highest BCUT2D eigenvalue weighted by atomic mass is 35.5. The zero-order valence-corrected chi connectivity index (χ0v) is 17.0. The number of amides is 1. The maximum absolute atomic E-state index is 12.3. The zero-order valence-electron chi connectivity index (χ0n) is 15.3. The van der Waals surface area contributed by atoms with E-state index in [1.807, 2.05) is 0 Å². The molecule has 1 unspecified atom stereocenters. The first-order valence-electron chi connectivity index (χ1n) is 8.62. The predicted octanol–water partition coefficient (Wildman–Crippen LogP) is 0.403. The molecule has 1 aromatic rings. The van der Waals surface area contributed by atoms with Gasteiger partial charge in [-0.2, -0.15) is 0 Å². The Hall–Kier alpha value is -1.23. The topological polar surface area (TPSA) is 120 Å². The molecule has 1 heterocycles. The van der Waals surface area contributed by atoms with Crippen LogP contribution in [0.2, 0.25) is 0 Å². The normalized spacial score (nSPS) is 16.4. The molecule has 10 heteroatoms. The van der Waals surface area contributed by atoms with Gasteiger partial charge in [-0.05, 0) is 36.5 Å². The molecule has 8 nitrogen and oxygen atoms in total. The predicted molar refractivity (Wildman–Crippen MR) is 104 cm³/mol. The zero-order chi connectivity index (χ0) is 19.0. The van der Waals surface area contributed by atoms with Crippen LogP contribution in [0.1, 0.15) is 18.4 Å². The lowest BCUT2D eigenvalue weighted by Crippen LogP contribution is -2.46. The van der Waals surface area contributed by atoms with Crippen LogP contribution in [-0.4, -0.2) is 53.8 Å². The standard InChI is InChI=1S/C17H27N3O5S.ClH/c1-24-10-7-20-26(22,23)15-4-2-3-13(11-15)12-19-17(21)16(18)14-5-8-25-9-6-14;/h2-4,11,14,16,20H,5-10,12,18H2,1H3,(H,19,21);1H. The molecule has 1 atom stereocenters. The highest BCUT2D eigenvalue weighted by Crippen LogP contribution is 2.18. The van der Waals surface area contributed by atoms with E-state index in [1.165, 1.54) is 19.2 Å². The summed E-state index contributed by atoms with van der Waals surface area (Å²) in [5.41, 5.74) is 6.73. The van der Waals surface area contributed by atoms with Crippen LogP contribution >= 0.6 is 12.4 Å². The van der Waals surface area contributed by atoms with Gasteiger partial charge in [-0.3, -0.25) is 4.79 Å². The van der Waals surface area contributed by atoms with Crippen LogP contribution in [0.15, 0.2) is 29.2 Å². The first kappa shape index (κ1) is 23.8. The minimum atomic E-state index is -3.61. The number of carbonyl (C=O) groups is 1. The summed E-state index contributed by atoms with van der Waals surface area (Å²) in [4.78, 5) is 12.4. The Morgan fingerprint density at radius 2 is 2.07 bits per heavy atom. The van der Waals surface area contributed by atoms with Crippen molar-refractivity contribution in [1.29, 1.82) is 0 Å². The fourth-order valence-corrected chi connectivity index (χ4v) is 3.86. The van der Waals surface area contributed by atoms with Crippen LogP contribution in [0.25, 0.3) is 0 Å². The molecule has 0 saturated carbocycles. The molecule has 1 amide bonds. The number of carbonyl (C=O) groups excluding carboxylic acids is 1. The van der Waals surface area contributed by atoms with E-state index in [1.54, 1.807) is 12.1 Å². The summed E-state index contributed by atoms with van der Waals surface area (Å²) < 4.78 is 37.0. The number of halogens is 1. The SMILES string of the molecule is COCCNS(=O)(=O)c1cccc(CNC(=O)C(N)C2CCOCC2)c1.Cl. The van der Waals surface area contributed by atoms with Crippen molar-refractivity contribution < 1.29 is 22.7 Å². The molecule has 4 N–H and O–H groups in total. The second-order valence-corrected chi connectivity index (χ2v) is 8.00. The number of hydrogen-bond donors (Lipinski definition) is 3. The Balaban J connectivity index is 0.00000364. The van der Waals surface area contributed by atoms with E-state index >= 15 is 0 Å². The maximum atomic E-state index is 12.3. The van der Waals surface area contributed by atoms with Crippen molar-refractivity contribution in [3.8, 4) is 0 Å². The van der Waals surface area contributed by atoms with Gasteiger partial charge in [-0.25, -0.2) is 13.1 Å². The van der Waals surface area contributed by atoms with E-state index in [4.69, 9.17) is 15.2 Å². The van der Waals surface area contributed by atoms with Crippen molar-refractivity contribution in [2.24, 2.45) is 11.7 Å². The van der Waals surface area contributed by atoms with Gasteiger partial charge in [0.2, 0.25) is 15.9 Å². The molecule has 2 rings (SSSR count). The molecule has 0 bridgehead atoms. The van der Waals surface area contributed by atoms with E-state index in [9.17, 15) is 13.2 Å². The van der Waals surface area contributed by atoms with Gasteiger partial charge in [0.1, 0.15) is 0 Å². The van der Waals surface area contributed by atoms with Crippen molar-refractivity contribution >= 4 is 28.3 Å². The minimum Gasteiger partial charge on any atom is -0.383 e. The van der Waals surface area contributed by atoms with E-state index in [-0.39, 0.29) is 42.2 Å². The van der Waals surface area contributed by atoms with Gasteiger partial charge in [0.05, 0.1) is 17.5 Å². The molecular weight excluding hydrogens is 394 g/mol. The van der Waals surface area contributed by atoms with Crippen LogP contribution in [0.5, 0.6) is 0 Å². The van der Waals surface area contributed by atoms with Gasteiger partial charge in [0.25, 0.3) is 0 Å². The average molecular weight is 422 g/mol. The number of ether oxygens (including phenoxy) is 2. The third-order valence-electron chi connectivity index (χ3n) is 4.35. The number of sulfonamides is 1. The number of rotatable bonds is 9. The Kier molecular flexibility index (Phi) is 10.2. The fourth-order valence-electron chi connectivity index (χ4n) is 2.78. The summed E-state index contributed by atoms with van der Waals surface area (Å²) in [6.07, 6.45) is 1.55. The van der Waals surface area contributed by atoms with Crippen molar-refractivity contribution in [2.75, 3.05) is 33.5 Å². The van der Waals surface area contributed by atoms with Gasteiger partial charge in [0, 0.05) is 33.4 Å². The smallest absolute Gasteiger partial charge is 0.240 e. The molecule has 1 fully saturated rings. The molecule has 1 aliphatic rings. The quantitative estimate of drug-likeness (QED) is 0.496. The molecule has 0 aromatic heterocycles. The molecule has 1 aliphatic heterocycles. The lowest BCUT2D eigenvalue weighted by molar-refractivity contribution is -0.124. The second-order valence-electron chi connectivity index (χ2n) is 6.23. The largest absolute Gasteiger partial charge is 0.383 e. The molecule has 27 heavy (non-hydrogen) atoms. The lowest BCUT2D eigenvalue weighted by Gasteiger charge is -2.26. The maximum Gasteiger partial charge on any atom is 0.240 e. The lowest BCUT2D eigenvalue weighted by atomic mass is 9.92. The van der Waals surface area contributed by atoms with E-state index < -0.39 is 16.1 Å². The Morgan fingerprint density at radius 3 is 2.74 bits per heavy atom. The van der Waals surface area contributed by atoms with E-state index in [0.29, 0.717) is 25.4 Å². The van der Waals surface area contributed by atoms with Crippen LogP contribution in [0, 0.1) is 5.92 Å². The van der Waals surface area contributed by atoms with E-state index in [2.05, 4.69) is 10.0 Å². The van der Waals surface area contributed by atoms with Crippen molar-refractivity contribution in [3.63, 3.8) is 0 Å². The Morgan fingerprint density at radius 1 is 1.37 bits per heavy atom. The fraction of sp³-hybridized carbons (Fsp3) is 0.588. The first-order valence-corrected chi connectivity index (χ1v) is 10.1. The number of hydrogen-bond acceptors (Lipinski definition) is 6. The summed E-state index contributed by atoms with van der Waals surface area (Å²) in [6, 6.07) is 5.87. The van der Waals surface area contributed by atoms with Crippen LogP contribution < -0.4 is 15.8 Å². The molecule has 154 valence electrons. The first-order chi connectivity index (χ1) is 12.4. The molecule has 0 radical (unpaired) electrons. The molecule has 0 spiro atoms. The van der Waals surface area contributed by atoms with E-state index in [0.717, 1.165) is 12.8 Å². The highest BCUT2D eigenvalue weighted by molar-refractivity contribution is 7.89. The van der Waals surface area contributed by atoms with Crippen molar-refractivity contribution in [3.05, 3.63) is 29.8 Å². The highest BCUT2D eigenvalue weighted by Gasteiger charge is 2.26. The van der Waals surface area contributed by atoms with Crippen molar-refractivity contribution in [1.82, 2.24) is 10.0 Å². The van der Waals surface area contributed by atoms with Gasteiger partial charge >= 0.3 is 0 Å². The summed E-state index contributed by atoms with van der Waals surface area (Å²) in [5.74, 6) is -0.121. The monoisotopic (exact) mass is 421 g/mol. The third-order valence-corrected chi connectivity index (χ3v) is 5.81. The van der Waals surface area contributed by atoms with Gasteiger partial charge in [0.15, 0.2) is 0 Å². The number of nitrogens with two attached hydrogens (primary N) is 1. The third kappa shape index (κ3) is 7.36. The summed E-state index contributed by atoms with van der Waals surface area (Å²) in [5, 5.41) is 2.79. The second kappa shape index (κ2) is 11.6. The molecule has 1 aromatic carbocycles. The Bertz CT molecular complexity index is 696. The van der Waals surface area contributed by atoms with Crippen LogP contribution in [0.4, 0.5) is 0 Å². The average Bonchev–Trinajstić information content (AvgIpc) is 2.66. The van der Waals surface area contributed by atoms with Crippen LogP contribution in [0.3, 0.4) is 0 Å². The Labute approximate surface area is 166 Å². The molecule has 0 aliphatic carbocycles. The minimum absolute atomic E-state index is 0.